The quantitative estimate of drug-likeness (QED) is 0.181. The number of rotatable bonds is 4. The number of hydrogen-bond acceptors (Lipinski definition) is 3. The molecular weight excluding hydrogens is 685 g/mol. The second-order valence-corrected chi connectivity index (χ2v) is 17.2. The fraction of sp³-hybridized carbons (Fsp3) is 0.115. The molecule has 0 unspecified atom stereocenters. The van der Waals surface area contributed by atoms with Gasteiger partial charge in [-0.1, -0.05) is 149 Å². The molecule has 2 nitrogen and oxygen atoms in total. The van der Waals surface area contributed by atoms with Crippen molar-refractivity contribution in [2.45, 2.75) is 38.5 Å². The van der Waals surface area contributed by atoms with Crippen LogP contribution in [0, 0.1) is 0 Å². The van der Waals surface area contributed by atoms with Crippen molar-refractivity contribution in [3.63, 3.8) is 0 Å². The van der Waals surface area contributed by atoms with Crippen LogP contribution in [0.5, 0.6) is 0 Å². The van der Waals surface area contributed by atoms with Gasteiger partial charge in [0.05, 0.1) is 11.4 Å². The van der Waals surface area contributed by atoms with Crippen LogP contribution >= 0.6 is 11.3 Å². The van der Waals surface area contributed by atoms with Crippen LogP contribution in [0.1, 0.15) is 49.9 Å². The van der Waals surface area contributed by atoms with Crippen molar-refractivity contribution in [2.24, 2.45) is 0 Å². The topological polar surface area (TPSA) is 25.8 Å². The lowest BCUT2D eigenvalue weighted by Gasteiger charge is -2.24. The van der Waals surface area contributed by atoms with Gasteiger partial charge in [0.15, 0.2) is 5.82 Å². The first-order valence-corrected chi connectivity index (χ1v) is 20.0. The van der Waals surface area contributed by atoms with E-state index in [4.69, 9.17) is 9.97 Å². The zero-order chi connectivity index (χ0) is 37.1. The average molecular weight is 723 g/mol. The van der Waals surface area contributed by atoms with E-state index in [2.05, 4.69) is 161 Å². The highest BCUT2D eigenvalue weighted by molar-refractivity contribution is 7.26. The summed E-state index contributed by atoms with van der Waals surface area (Å²) in [6.07, 6.45) is 0. The molecule has 55 heavy (non-hydrogen) atoms. The van der Waals surface area contributed by atoms with Gasteiger partial charge in [0.2, 0.25) is 0 Å². The molecule has 7 aromatic carbocycles. The fourth-order valence-electron chi connectivity index (χ4n) is 9.35. The molecule has 0 N–H and O–H groups in total. The van der Waals surface area contributed by atoms with Crippen LogP contribution in [-0.2, 0) is 10.8 Å². The minimum atomic E-state index is -0.111. The molecule has 0 saturated heterocycles. The van der Waals surface area contributed by atoms with Crippen LogP contribution in [0.2, 0.25) is 0 Å². The van der Waals surface area contributed by atoms with Gasteiger partial charge in [0, 0.05) is 47.7 Å². The Hall–Kier alpha value is -6.16. The molecule has 0 radical (unpaired) electrons. The number of fused-ring (bicyclic) bond motifs is 9. The monoisotopic (exact) mass is 722 g/mol. The van der Waals surface area contributed by atoms with Crippen LogP contribution < -0.4 is 0 Å². The number of benzene rings is 7. The third kappa shape index (κ3) is 4.79. The summed E-state index contributed by atoms with van der Waals surface area (Å²) < 4.78 is 2.52. The second-order valence-electron chi connectivity index (χ2n) is 16.2. The van der Waals surface area contributed by atoms with E-state index in [1.54, 1.807) is 0 Å². The van der Waals surface area contributed by atoms with Crippen molar-refractivity contribution in [2.75, 3.05) is 0 Å². The third-order valence-corrected chi connectivity index (χ3v) is 13.5. The lowest BCUT2D eigenvalue weighted by atomic mass is 9.79. The Labute approximate surface area is 325 Å². The number of thiophene rings is 1. The maximum Gasteiger partial charge on any atom is 0.160 e. The summed E-state index contributed by atoms with van der Waals surface area (Å²) in [5.74, 6) is 0.733. The zero-order valence-electron chi connectivity index (χ0n) is 31.3. The van der Waals surface area contributed by atoms with Crippen molar-refractivity contribution >= 4 is 31.5 Å². The Morgan fingerprint density at radius 3 is 1.73 bits per heavy atom. The van der Waals surface area contributed by atoms with Gasteiger partial charge in [0.25, 0.3) is 0 Å². The molecule has 0 aliphatic heterocycles. The molecule has 3 heteroatoms. The van der Waals surface area contributed by atoms with Crippen LogP contribution in [0.15, 0.2) is 158 Å². The van der Waals surface area contributed by atoms with Crippen molar-refractivity contribution in [3.05, 3.63) is 180 Å². The Morgan fingerprint density at radius 2 is 0.964 bits per heavy atom. The van der Waals surface area contributed by atoms with Crippen LogP contribution in [-0.4, -0.2) is 9.97 Å². The summed E-state index contributed by atoms with van der Waals surface area (Å²) >= 11 is 1.85. The summed E-state index contributed by atoms with van der Waals surface area (Å²) in [5.41, 5.74) is 18.6. The molecule has 2 heterocycles. The van der Waals surface area contributed by atoms with Gasteiger partial charge in [-0.05, 0) is 92.0 Å². The van der Waals surface area contributed by atoms with Crippen LogP contribution in [0.25, 0.3) is 87.5 Å². The van der Waals surface area contributed by atoms with Gasteiger partial charge in [-0.2, -0.15) is 0 Å². The first-order valence-electron chi connectivity index (χ1n) is 19.2. The SMILES string of the molecule is CC1(C)c2ccccc2-c2cc3c(cc21)-c1ccc(-c2ccc4sc5c(-c6cc(-c7ccccc7)nc(-c7ccccc7)n6)cccc5c4c2)cc1C3(C)C. The third-order valence-electron chi connectivity index (χ3n) is 12.3. The predicted molar refractivity (Wildman–Crippen MR) is 232 cm³/mol. The molecule has 2 aromatic heterocycles. The Morgan fingerprint density at radius 1 is 0.382 bits per heavy atom. The summed E-state index contributed by atoms with van der Waals surface area (Å²) in [4.78, 5) is 10.2. The summed E-state index contributed by atoms with van der Waals surface area (Å²) in [6, 6.07) is 57.6. The van der Waals surface area contributed by atoms with Gasteiger partial charge >= 0.3 is 0 Å². The maximum atomic E-state index is 5.18. The van der Waals surface area contributed by atoms with E-state index >= 15 is 0 Å². The predicted octanol–water partition coefficient (Wildman–Crippen LogP) is 14.1. The molecule has 0 atom stereocenters. The lowest BCUT2D eigenvalue weighted by molar-refractivity contribution is 0.652. The number of aromatic nitrogens is 2. The molecule has 0 amide bonds. The van der Waals surface area contributed by atoms with Crippen molar-refractivity contribution < 1.29 is 0 Å². The molecule has 0 spiro atoms. The lowest BCUT2D eigenvalue weighted by Crippen LogP contribution is -2.17. The highest BCUT2D eigenvalue weighted by atomic mass is 32.1. The molecule has 0 bridgehead atoms. The van der Waals surface area contributed by atoms with Crippen molar-refractivity contribution in [3.8, 4) is 67.3 Å². The van der Waals surface area contributed by atoms with E-state index in [0.29, 0.717) is 0 Å². The fourth-order valence-corrected chi connectivity index (χ4v) is 10.6. The smallest absolute Gasteiger partial charge is 0.160 e. The minimum absolute atomic E-state index is 0.0196. The normalized spacial score (nSPS) is 14.5. The summed E-state index contributed by atoms with van der Waals surface area (Å²) in [7, 11) is 0. The minimum Gasteiger partial charge on any atom is -0.228 e. The molecule has 2 aliphatic carbocycles. The zero-order valence-corrected chi connectivity index (χ0v) is 32.1. The number of nitrogens with zero attached hydrogens (tertiary/aromatic N) is 2. The van der Waals surface area contributed by atoms with E-state index in [1.807, 2.05) is 35.6 Å². The Balaban J connectivity index is 1.01. The Kier molecular flexibility index (Phi) is 6.85. The summed E-state index contributed by atoms with van der Waals surface area (Å²) in [6.45, 7) is 9.55. The van der Waals surface area contributed by atoms with Gasteiger partial charge in [0.1, 0.15) is 0 Å². The molecule has 11 rings (SSSR count). The molecule has 262 valence electrons. The molecule has 2 aliphatic rings. The standard InChI is InChI=1S/C52H38N2S/c1-51(2)42-21-12-11-18-35(42)39-28-45-40(29-44(39)51)36-24-22-34(27-43(36)52(45,3)4)33-23-25-48-41(26-33)37-19-13-20-38(49(37)55-48)47-30-46(31-14-7-5-8-15-31)53-50(54-47)32-16-9-6-10-17-32/h5-30H,1-4H3. The van der Waals surface area contributed by atoms with Gasteiger partial charge in [-0.3, -0.25) is 0 Å². The van der Waals surface area contributed by atoms with Crippen molar-refractivity contribution in [1.82, 2.24) is 9.97 Å². The molecule has 0 saturated carbocycles. The number of hydrogen-bond donors (Lipinski definition) is 0. The Bertz CT molecular complexity index is 2970. The first kappa shape index (κ1) is 32.3. The molecule has 0 fully saturated rings. The van der Waals surface area contributed by atoms with Gasteiger partial charge < -0.3 is 0 Å². The molecule has 9 aromatic rings. The average Bonchev–Trinajstić information content (AvgIpc) is 3.79. The molecular formula is C52H38N2S. The highest BCUT2D eigenvalue weighted by Gasteiger charge is 2.41. The van der Waals surface area contributed by atoms with E-state index in [0.717, 1.165) is 33.9 Å². The second kappa shape index (κ2) is 11.7. The van der Waals surface area contributed by atoms with E-state index in [1.165, 1.54) is 75.8 Å². The van der Waals surface area contributed by atoms with Gasteiger partial charge in [-0.25, -0.2) is 9.97 Å². The largest absolute Gasteiger partial charge is 0.228 e. The van der Waals surface area contributed by atoms with Crippen molar-refractivity contribution in [1.29, 1.82) is 0 Å². The maximum absolute atomic E-state index is 5.18. The van der Waals surface area contributed by atoms with Crippen LogP contribution in [0.3, 0.4) is 0 Å². The highest BCUT2D eigenvalue weighted by Crippen LogP contribution is 2.56. The summed E-state index contributed by atoms with van der Waals surface area (Å²) in [5, 5.41) is 2.53. The van der Waals surface area contributed by atoms with Gasteiger partial charge in [-0.15, -0.1) is 11.3 Å². The van der Waals surface area contributed by atoms with E-state index in [9.17, 15) is 0 Å². The van der Waals surface area contributed by atoms with E-state index < -0.39 is 0 Å². The van der Waals surface area contributed by atoms with Crippen LogP contribution in [0.4, 0.5) is 0 Å². The first-order chi connectivity index (χ1) is 26.8. The van der Waals surface area contributed by atoms with E-state index in [-0.39, 0.29) is 10.8 Å².